The lowest BCUT2D eigenvalue weighted by Gasteiger charge is -2.39. The van der Waals surface area contributed by atoms with Crippen molar-refractivity contribution in [2.24, 2.45) is 0 Å². The summed E-state index contributed by atoms with van der Waals surface area (Å²) in [5, 5.41) is 39.3. The number of rotatable bonds is 30. The lowest BCUT2D eigenvalue weighted by atomic mass is 9.99. The maximum Gasteiger partial charge on any atom is 0.305 e. The maximum atomic E-state index is 11.8. The topological polar surface area (TPSA) is 135 Å². The minimum atomic E-state index is -1.53. The summed E-state index contributed by atoms with van der Waals surface area (Å²) < 4.78 is 22.0. The van der Waals surface area contributed by atoms with E-state index in [0.717, 1.165) is 12.8 Å². The molecule has 0 spiro atoms. The second-order valence-corrected chi connectivity index (χ2v) is 12.6. The van der Waals surface area contributed by atoms with Crippen molar-refractivity contribution in [2.75, 3.05) is 26.4 Å². The highest BCUT2D eigenvalue weighted by atomic mass is 16.7. The molecule has 0 amide bonds. The Labute approximate surface area is 268 Å². The average Bonchev–Trinajstić information content (AvgIpc) is 3.03. The molecule has 0 aromatic carbocycles. The zero-order valence-electron chi connectivity index (χ0n) is 28.2. The Balaban J connectivity index is 1.98. The zero-order chi connectivity index (χ0) is 32.3. The van der Waals surface area contributed by atoms with Crippen molar-refractivity contribution in [3.05, 3.63) is 0 Å². The Hall–Kier alpha value is -0.810. The van der Waals surface area contributed by atoms with Gasteiger partial charge in [-0.2, -0.15) is 0 Å². The Morgan fingerprint density at radius 3 is 1.52 bits per heavy atom. The molecule has 0 bridgehead atoms. The molecule has 6 unspecified atom stereocenters. The minimum absolute atomic E-state index is 0.117. The summed E-state index contributed by atoms with van der Waals surface area (Å²) in [7, 11) is 0. The molecule has 4 N–H and O–H groups in total. The summed E-state index contributed by atoms with van der Waals surface area (Å²) in [6.07, 6.45) is 20.9. The first kappa shape index (κ1) is 41.2. The van der Waals surface area contributed by atoms with Crippen LogP contribution in [0.25, 0.3) is 0 Å². The molecule has 0 aliphatic carbocycles. The molecule has 262 valence electrons. The molecule has 1 aliphatic heterocycles. The van der Waals surface area contributed by atoms with E-state index in [1.165, 1.54) is 122 Å². The summed E-state index contributed by atoms with van der Waals surface area (Å²) in [4.78, 5) is 11.8. The summed E-state index contributed by atoms with van der Waals surface area (Å²) in [5.41, 5.74) is 0. The van der Waals surface area contributed by atoms with Crippen LogP contribution in [0.1, 0.15) is 155 Å². The van der Waals surface area contributed by atoms with Gasteiger partial charge in [-0.25, -0.2) is 0 Å². The number of unbranched alkanes of at least 4 members (excludes halogenated alkanes) is 20. The number of ether oxygens (including phenoxy) is 4. The van der Waals surface area contributed by atoms with E-state index in [0.29, 0.717) is 6.61 Å². The van der Waals surface area contributed by atoms with E-state index in [-0.39, 0.29) is 19.6 Å². The molecule has 0 aromatic rings. The van der Waals surface area contributed by atoms with Crippen molar-refractivity contribution in [2.45, 2.75) is 192 Å². The van der Waals surface area contributed by atoms with E-state index in [9.17, 15) is 25.2 Å². The van der Waals surface area contributed by atoms with Crippen LogP contribution in [-0.2, 0) is 23.7 Å². The number of carbonyl (C=O) groups is 1. The van der Waals surface area contributed by atoms with E-state index in [4.69, 9.17) is 18.9 Å². The van der Waals surface area contributed by atoms with E-state index in [1.807, 2.05) is 0 Å². The second-order valence-electron chi connectivity index (χ2n) is 12.6. The van der Waals surface area contributed by atoms with Crippen molar-refractivity contribution < 1.29 is 44.2 Å². The van der Waals surface area contributed by atoms with Gasteiger partial charge in [0.2, 0.25) is 0 Å². The van der Waals surface area contributed by atoms with Gasteiger partial charge < -0.3 is 39.4 Å². The van der Waals surface area contributed by atoms with E-state index >= 15 is 0 Å². The van der Waals surface area contributed by atoms with E-state index in [1.54, 1.807) is 6.92 Å². The highest BCUT2D eigenvalue weighted by Crippen LogP contribution is 2.22. The number of aliphatic hydroxyl groups excluding tert-OH is 4. The molecule has 44 heavy (non-hydrogen) atoms. The van der Waals surface area contributed by atoms with Gasteiger partial charge >= 0.3 is 5.97 Å². The molecular formula is C35H68O9. The fraction of sp³-hybridized carbons (Fsp3) is 0.971. The van der Waals surface area contributed by atoms with Crippen LogP contribution >= 0.6 is 0 Å². The van der Waals surface area contributed by atoms with Gasteiger partial charge in [0.05, 0.1) is 19.8 Å². The summed E-state index contributed by atoms with van der Waals surface area (Å²) in [6, 6.07) is 0. The van der Waals surface area contributed by atoms with Crippen molar-refractivity contribution >= 4 is 5.97 Å². The number of esters is 1. The molecule has 0 saturated carbocycles. The first-order chi connectivity index (χ1) is 21.4. The monoisotopic (exact) mass is 632 g/mol. The Morgan fingerprint density at radius 2 is 1.09 bits per heavy atom. The lowest BCUT2D eigenvalue weighted by molar-refractivity contribution is -0.305. The zero-order valence-corrected chi connectivity index (χ0v) is 28.2. The van der Waals surface area contributed by atoms with E-state index < -0.39 is 49.4 Å². The maximum absolute atomic E-state index is 11.8. The smallest absolute Gasteiger partial charge is 0.305 e. The largest absolute Gasteiger partial charge is 0.457 e. The molecule has 1 heterocycles. The van der Waals surface area contributed by atoms with Crippen LogP contribution in [0.2, 0.25) is 0 Å². The van der Waals surface area contributed by atoms with Crippen molar-refractivity contribution in [3.8, 4) is 0 Å². The molecular weight excluding hydrogens is 564 g/mol. The van der Waals surface area contributed by atoms with Crippen molar-refractivity contribution in [1.29, 1.82) is 0 Å². The van der Waals surface area contributed by atoms with Gasteiger partial charge in [-0.05, 0) is 6.42 Å². The van der Waals surface area contributed by atoms with Gasteiger partial charge in [0.25, 0.3) is 0 Å². The Morgan fingerprint density at radius 1 is 0.636 bits per heavy atom. The molecule has 1 fully saturated rings. The predicted molar refractivity (Wildman–Crippen MR) is 173 cm³/mol. The third-order valence-corrected chi connectivity index (χ3v) is 8.58. The molecule has 9 nitrogen and oxygen atoms in total. The SMILES string of the molecule is CCCCCCCCCCCCCCCCCCCCCCCOCC(COC1OC(CO)C(O)C(O)C1O)OC(=O)CC. The van der Waals surface area contributed by atoms with Crippen LogP contribution in [0.5, 0.6) is 0 Å². The fourth-order valence-electron chi connectivity index (χ4n) is 5.64. The van der Waals surface area contributed by atoms with Gasteiger partial charge in [0, 0.05) is 13.0 Å². The van der Waals surface area contributed by atoms with Crippen LogP contribution in [0.15, 0.2) is 0 Å². The third kappa shape index (κ3) is 20.3. The highest BCUT2D eigenvalue weighted by molar-refractivity contribution is 5.69. The summed E-state index contributed by atoms with van der Waals surface area (Å²) >= 11 is 0. The molecule has 6 atom stereocenters. The summed E-state index contributed by atoms with van der Waals surface area (Å²) in [5.74, 6) is -0.398. The normalized spacial score (nSPS) is 22.7. The standard InChI is InChI=1S/C35H68O9/c1-3-5-6-7-8-9-10-11-12-13-14-15-16-17-18-19-20-21-22-23-24-25-41-27-29(43-31(37)4-2)28-42-35-34(40)33(39)32(38)30(26-36)44-35/h29-30,32-36,38-40H,3-28H2,1-2H3. The van der Waals surface area contributed by atoms with Crippen LogP contribution in [0, 0.1) is 0 Å². The van der Waals surface area contributed by atoms with Gasteiger partial charge in [-0.3, -0.25) is 4.79 Å². The van der Waals surface area contributed by atoms with Crippen molar-refractivity contribution in [3.63, 3.8) is 0 Å². The number of hydrogen-bond donors (Lipinski definition) is 4. The third-order valence-electron chi connectivity index (χ3n) is 8.58. The van der Waals surface area contributed by atoms with Crippen molar-refractivity contribution in [1.82, 2.24) is 0 Å². The quantitative estimate of drug-likeness (QED) is 0.0527. The van der Waals surface area contributed by atoms with Gasteiger partial charge in [0.15, 0.2) is 6.29 Å². The van der Waals surface area contributed by atoms with Crippen LogP contribution in [0.3, 0.4) is 0 Å². The Bertz CT molecular complexity index is 648. The minimum Gasteiger partial charge on any atom is -0.457 e. The highest BCUT2D eigenvalue weighted by Gasteiger charge is 2.44. The van der Waals surface area contributed by atoms with Crippen LogP contribution < -0.4 is 0 Å². The lowest BCUT2D eigenvalue weighted by Crippen LogP contribution is -2.59. The number of carbonyl (C=O) groups excluding carboxylic acids is 1. The molecule has 1 aliphatic rings. The van der Waals surface area contributed by atoms with Gasteiger partial charge in [-0.1, -0.05) is 142 Å². The molecule has 1 rings (SSSR count). The van der Waals surface area contributed by atoms with Crippen LogP contribution in [-0.4, -0.2) is 89.6 Å². The average molecular weight is 633 g/mol. The molecule has 9 heteroatoms. The van der Waals surface area contributed by atoms with E-state index in [2.05, 4.69) is 6.92 Å². The first-order valence-corrected chi connectivity index (χ1v) is 18.1. The number of aliphatic hydroxyl groups is 4. The summed E-state index contributed by atoms with van der Waals surface area (Å²) in [6.45, 7) is 4.01. The number of hydrogen-bond acceptors (Lipinski definition) is 9. The van der Waals surface area contributed by atoms with Gasteiger partial charge in [0.1, 0.15) is 30.5 Å². The molecule has 1 saturated heterocycles. The molecule has 0 aromatic heterocycles. The fourth-order valence-corrected chi connectivity index (χ4v) is 5.64. The van der Waals surface area contributed by atoms with Gasteiger partial charge in [-0.15, -0.1) is 0 Å². The second kappa shape index (κ2) is 28.4. The Kier molecular flexibility index (Phi) is 26.6. The first-order valence-electron chi connectivity index (χ1n) is 18.1. The molecule has 0 radical (unpaired) electrons. The predicted octanol–water partition coefficient (Wildman–Crippen LogP) is 6.35. The van der Waals surface area contributed by atoms with Crippen LogP contribution in [0.4, 0.5) is 0 Å².